The Morgan fingerprint density at radius 3 is 3.00 bits per heavy atom. The van der Waals surface area contributed by atoms with Gasteiger partial charge in [0.05, 0.1) is 12.1 Å². The van der Waals surface area contributed by atoms with E-state index in [9.17, 15) is 9.18 Å². The van der Waals surface area contributed by atoms with Gasteiger partial charge in [0.1, 0.15) is 0 Å². The van der Waals surface area contributed by atoms with E-state index in [0.717, 1.165) is 10.9 Å². The standard InChI is InChI=1S/C13H12FNO2/c1-2-17-13(16)12(14)10-7-9-5-3-4-6-11(9)15-8-10/h3-8,12H,2H2,1H3. The molecule has 0 aliphatic heterocycles. The Kier molecular flexibility index (Phi) is 3.32. The molecule has 3 nitrogen and oxygen atoms in total. The van der Waals surface area contributed by atoms with Crippen molar-refractivity contribution < 1.29 is 13.9 Å². The molecule has 2 aromatic rings. The number of pyridine rings is 1. The van der Waals surface area contributed by atoms with E-state index in [2.05, 4.69) is 9.72 Å². The van der Waals surface area contributed by atoms with Gasteiger partial charge in [-0.05, 0) is 19.1 Å². The Hall–Kier alpha value is -1.97. The van der Waals surface area contributed by atoms with Crippen LogP contribution >= 0.6 is 0 Å². The molecule has 1 aromatic heterocycles. The van der Waals surface area contributed by atoms with Crippen LogP contribution in [0.2, 0.25) is 0 Å². The highest BCUT2D eigenvalue weighted by atomic mass is 19.1. The van der Waals surface area contributed by atoms with Crippen LogP contribution in [0, 0.1) is 0 Å². The van der Waals surface area contributed by atoms with Crippen molar-refractivity contribution in [3.63, 3.8) is 0 Å². The third-order valence-corrected chi connectivity index (χ3v) is 2.40. The first-order chi connectivity index (χ1) is 8.22. The predicted molar refractivity (Wildman–Crippen MR) is 62.2 cm³/mol. The molecule has 0 aliphatic rings. The molecule has 0 amide bonds. The molecule has 0 saturated carbocycles. The Balaban J connectivity index is 2.32. The van der Waals surface area contributed by atoms with Crippen LogP contribution in [0.3, 0.4) is 0 Å². The summed E-state index contributed by atoms with van der Waals surface area (Å²) in [5.41, 5.74) is 0.995. The van der Waals surface area contributed by atoms with E-state index >= 15 is 0 Å². The molecule has 1 heterocycles. The average Bonchev–Trinajstić information content (AvgIpc) is 2.37. The lowest BCUT2D eigenvalue weighted by Gasteiger charge is -2.08. The van der Waals surface area contributed by atoms with Crippen molar-refractivity contribution in [1.29, 1.82) is 0 Å². The van der Waals surface area contributed by atoms with Gasteiger partial charge in [-0.25, -0.2) is 9.18 Å². The highest BCUT2D eigenvalue weighted by Gasteiger charge is 2.21. The molecule has 0 spiro atoms. The normalized spacial score (nSPS) is 12.4. The minimum atomic E-state index is -1.77. The highest BCUT2D eigenvalue weighted by Crippen LogP contribution is 2.22. The Morgan fingerprint density at radius 1 is 1.47 bits per heavy atom. The highest BCUT2D eigenvalue weighted by molar-refractivity contribution is 5.82. The number of hydrogen-bond acceptors (Lipinski definition) is 3. The van der Waals surface area contributed by atoms with Crippen LogP contribution < -0.4 is 0 Å². The molecule has 1 atom stereocenters. The fourth-order valence-electron chi connectivity index (χ4n) is 1.58. The third-order valence-electron chi connectivity index (χ3n) is 2.40. The van der Waals surface area contributed by atoms with Crippen LogP contribution in [0.4, 0.5) is 4.39 Å². The molecule has 88 valence electrons. The molecule has 4 heteroatoms. The second-order valence-corrected chi connectivity index (χ2v) is 3.58. The van der Waals surface area contributed by atoms with Gasteiger partial charge in [-0.2, -0.15) is 0 Å². The second-order valence-electron chi connectivity index (χ2n) is 3.58. The zero-order chi connectivity index (χ0) is 12.3. The molecule has 0 fully saturated rings. The molecule has 0 saturated heterocycles. The van der Waals surface area contributed by atoms with E-state index < -0.39 is 12.1 Å². The van der Waals surface area contributed by atoms with Crippen molar-refractivity contribution in [3.8, 4) is 0 Å². The number of benzene rings is 1. The monoisotopic (exact) mass is 233 g/mol. The summed E-state index contributed by atoms with van der Waals surface area (Å²) in [4.78, 5) is 15.4. The quantitative estimate of drug-likeness (QED) is 0.765. The summed E-state index contributed by atoms with van der Waals surface area (Å²) in [5.74, 6) is -0.871. The Labute approximate surface area is 98.2 Å². The van der Waals surface area contributed by atoms with Gasteiger partial charge in [-0.1, -0.05) is 18.2 Å². The van der Waals surface area contributed by atoms with Gasteiger partial charge in [0.15, 0.2) is 0 Å². The molecule has 1 unspecified atom stereocenters. The van der Waals surface area contributed by atoms with Crippen LogP contribution in [0.5, 0.6) is 0 Å². The largest absolute Gasteiger partial charge is 0.464 e. The minimum absolute atomic E-state index is 0.167. The SMILES string of the molecule is CCOC(=O)C(F)c1cnc2ccccc2c1. The maximum atomic E-state index is 13.7. The van der Waals surface area contributed by atoms with Gasteiger partial charge in [-0.3, -0.25) is 4.98 Å². The maximum Gasteiger partial charge on any atom is 0.345 e. The van der Waals surface area contributed by atoms with Crippen molar-refractivity contribution in [2.75, 3.05) is 6.61 Å². The topological polar surface area (TPSA) is 39.2 Å². The lowest BCUT2D eigenvalue weighted by molar-refractivity contribution is -0.149. The van der Waals surface area contributed by atoms with Gasteiger partial charge in [0, 0.05) is 17.1 Å². The number of esters is 1. The molecule has 0 bridgehead atoms. The first-order valence-electron chi connectivity index (χ1n) is 5.37. The first-order valence-corrected chi connectivity index (χ1v) is 5.37. The van der Waals surface area contributed by atoms with Crippen molar-refractivity contribution in [3.05, 3.63) is 42.1 Å². The van der Waals surface area contributed by atoms with Crippen LogP contribution in [0.25, 0.3) is 10.9 Å². The van der Waals surface area contributed by atoms with Crippen molar-refractivity contribution in [2.24, 2.45) is 0 Å². The van der Waals surface area contributed by atoms with Crippen molar-refractivity contribution in [1.82, 2.24) is 4.98 Å². The molecule has 17 heavy (non-hydrogen) atoms. The molecule has 0 aliphatic carbocycles. The maximum absolute atomic E-state index is 13.7. The number of hydrogen-bond donors (Lipinski definition) is 0. The Morgan fingerprint density at radius 2 is 2.24 bits per heavy atom. The number of para-hydroxylation sites is 1. The fourth-order valence-corrected chi connectivity index (χ4v) is 1.58. The summed E-state index contributed by atoms with van der Waals surface area (Å²) in [6, 6.07) is 8.96. The molecule has 0 radical (unpaired) electrons. The fraction of sp³-hybridized carbons (Fsp3) is 0.231. The lowest BCUT2D eigenvalue weighted by Crippen LogP contribution is -2.12. The molecular weight excluding hydrogens is 221 g/mol. The van der Waals surface area contributed by atoms with Crippen LogP contribution in [0.1, 0.15) is 18.7 Å². The van der Waals surface area contributed by atoms with Crippen molar-refractivity contribution >= 4 is 16.9 Å². The third kappa shape index (κ3) is 2.41. The molecule has 0 N–H and O–H groups in total. The summed E-state index contributed by atoms with van der Waals surface area (Å²) in [6.07, 6.45) is -0.406. The number of carbonyl (C=O) groups is 1. The molecular formula is C13H12FNO2. The second kappa shape index (κ2) is 4.91. The van der Waals surface area contributed by atoms with Crippen LogP contribution in [-0.4, -0.2) is 17.6 Å². The summed E-state index contributed by atoms with van der Waals surface area (Å²) < 4.78 is 18.4. The minimum Gasteiger partial charge on any atom is -0.464 e. The van der Waals surface area contributed by atoms with Gasteiger partial charge in [0.2, 0.25) is 6.17 Å². The van der Waals surface area contributed by atoms with E-state index in [0.29, 0.717) is 0 Å². The van der Waals surface area contributed by atoms with Crippen LogP contribution in [0.15, 0.2) is 36.5 Å². The number of rotatable bonds is 3. The number of aromatic nitrogens is 1. The number of ether oxygens (including phenoxy) is 1. The van der Waals surface area contributed by atoms with Gasteiger partial charge < -0.3 is 4.74 Å². The van der Waals surface area contributed by atoms with E-state index in [1.807, 2.05) is 24.3 Å². The van der Waals surface area contributed by atoms with E-state index in [1.54, 1.807) is 13.0 Å². The van der Waals surface area contributed by atoms with Gasteiger partial charge in [-0.15, -0.1) is 0 Å². The summed E-state index contributed by atoms with van der Waals surface area (Å²) >= 11 is 0. The predicted octanol–water partition coefficient (Wildman–Crippen LogP) is 2.81. The lowest BCUT2D eigenvalue weighted by atomic mass is 10.1. The number of alkyl halides is 1. The number of halogens is 1. The Bertz CT molecular complexity index is 542. The summed E-state index contributed by atoms with van der Waals surface area (Å²) in [5, 5.41) is 0.803. The van der Waals surface area contributed by atoms with Crippen molar-refractivity contribution in [2.45, 2.75) is 13.1 Å². The van der Waals surface area contributed by atoms with Gasteiger partial charge in [0.25, 0.3) is 0 Å². The smallest absolute Gasteiger partial charge is 0.345 e. The van der Waals surface area contributed by atoms with Gasteiger partial charge >= 0.3 is 5.97 Å². The number of fused-ring (bicyclic) bond motifs is 1. The zero-order valence-electron chi connectivity index (χ0n) is 9.39. The number of carbonyl (C=O) groups excluding carboxylic acids is 1. The average molecular weight is 233 g/mol. The zero-order valence-corrected chi connectivity index (χ0v) is 9.39. The summed E-state index contributed by atoms with van der Waals surface area (Å²) in [6.45, 7) is 1.81. The first kappa shape index (κ1) is 11.5. The number of nitrogens with zero attached hydrogens (tertiary/aromatic N) is 1. The van der Waals surface area contributed by atoms with E-state index in [1.165, 1.54) is 6.20 Å². The van der Waals surface area contributed by atoms with E-state index in [4.69, 9.17) is 0 Å². The molecule has 2 rings (SSSR count). The van der Waals surface area contributed by atoms with Crippen LogP contribution in [-0.2, 0) is 9.53 Å². The molecule has 1 aromatic carbocycles. The van der Waals surface area contributed by atoms with E-state index in [-0.39, 0.29) is 12.2 Å². The summed E-state index contributed by atoms with van der Waals surface area (Å²) in [7, 11) is 0.